The van der Waals surface area contributed by atoms with Gasteiger partial charge < -0.3 is 9.30 Å². The molecule has 0 spiro atoms. The monoisotopic (exact) mass is 427 g/mol. The van der Waals surface area contributed by atoms with Crippen LogP contribution in [-0.2, 0) is 16.6 Å². The first-order valence-corrected chi connectivity index (χ1v) is 11.4. The van der Waals surface area contributed by atoms with Crippen molar-refractivity contribution in [3.05, 3.63) is 66.7 Å². The van der Waals surface area contributed by atoms with Crippen molar-refractivity contribution in [2.75, 3.05) is 0 Å². The maximum absolute atomic E-state index is 13.1. The lowest BCUT2D eigenvalue weighted by atomic mass is 10.0. The van der Waals surface area contributed by atoms with Crippen LogP contribution in [0.3, 0.4) is 0 Å². The SMILES string of the molecule is CC(C)Oc1ccc(S(=O)(=O)NC(C)(C)C)c(-c2ccc(Cn3ccnc3)cc2)c1. The standard InChI is InChI=1S/C23H29N3O3S/c1-17(2)29-20-10-11-22(30(27,28)25-23(3,4)5)21(14-20)19-8-6-18(7-9-19)15-26-13-12-24-16-26/h6-14,16-17,25H,15H2,1-5H3. The summed E-state index contributed by atoms with van der Waals surface area (Å²) in [4.78, 5) is 4.29. The Morgan fingerprint density at radius 1 is 1.10 bits per heavy atom. The van der Waals surface area contributed by atoms with Crippen molar-refractivity contribution in [1.29, 1.82) is 0 Å². The van der Waals surface area contributed by atoms with Gasteiger partial charge in [-0.05, 0) is 63.9 Å². The summed E-state index contributed by atoms with van der Waals surface area (Å²) in [7, 11) is -3.71. The predicted molar refractivity (Wildman–Crippen MR) is 119 cm³/mol. The van der Waals surface area contributed by atoms with Gasteiger partial charge in [0.15, 0.2) is 0 Å². The lowest BCUT2D eigenvalue weighted by Crippen LogP contribution is -2.40. The summed E-state index contributed by atoms with van der Waals surface area (Å²) in [5, 5.41) is 0. The van der Waals surface area contributed by atoms with Crippen LogP contribution in [0.4, 0.5) is 0 Å². The molecule has 0 aliphatic rings. The van der Waals surface area contributed by atoms with Gasteiger partial charge in [0.25, 0.3) is 0 Å². The zero-order valence-corrected chi connectivity index (χ0v) is 18.9. The molecule has 1 heterocycles. The highest BCUT2D eigenvalue weighted by atomic mass is 32.2. The van der Waals surface area contributed by atoms with Crippen molar-refractivity contribution in [3.63, 3.8) is 0 Å². The molecule has 0 amide bonds. The Kier molecular flexibility index (Phi) is 6.33. The molecule has 160 valence electrons. The Bertz CT molecular complexity index is 1080. The van der Waals surface area contributed by atoms with E-state index in [1.807, 2.05) is 69.6 Å². The average molecular weight is 428 g/mol. The maximum atomic E-state index is 13.1. The van der Waals surface area contributed by atoms with E-state index in [2.05, 4.69) is 9.71 Å². The van der Waals surface area contributed by atoms with Crippen LogP contribution in [0.2, 0.25) is 0 Å². The molecule has 3 rings (SSSR count). The first-order valence-electron chi connectivity index (χ1n) is 9.93. The van der Waals surface area contributed by atoms with E-state index in [1.165, 1.54) is 0 Å². The number of nitrogens with one attached hydrogen (secondary N) is 1. The zero-order chi connectivity index (χ0) is 21.9. The number of sulfonamides is 1. The molecule has 0 aliphatic heterocycles. The summed E-state index contributed by atoms with van der Waals surface area (Å²) < 4.78 is 36.7. The largest absolute Gasteiger partial charge is 0.491 e. The van der Waals surface area contributed by atoms with Crippen molar-refractivity contribution in [2.24, 2.45) is 0 Å². The molecule has 3 aromatic rings. The predicted octanol–water partition coefficient (Wildman–Crippen LogP) is 4.46. The Hall–Kier alpha value is -2.64. The van der Waals surface area contributed by atoms with Crippen LogP contribution in [0.15, 0.2) is 66.1 Å². The molecule has 0 aliphatic carbocycles. The fourth-order valence-electron chi connectivity index (χ4n) is 3.15. The zero-order valence-electron chi connectivity index (χ0n) is 18.1. The van der Waals surface area contributed by atoms with Crippen LogP contribution in [0, 0.1) is 0 Å². The molecule has 2 aromatic carbocycles. The molecule has 0 unspecified atom stereocenters. The Morgan fingerprint density at radius 2 is 1.80 bits per heavy atom. The molecule has 1 N–H and O–H groups in total. The molecule has 1 aromatic heterocycles. The second-order valence-corrected chi connectivity index (χ2v) is 10.3. The maximum Gasteiger partial charge on any atom is 0.241 e. The summed E-state index contributed by atoms with van der Waals surface area (Å²) in [5.74, 6) is 0.636. The second kappa shape index (κ2) is 8.62. The van der Waals surface area contributed by atoms with Crippen molar-refractivity contribution < 1.29 is 13.2 Å². The normalized spacial score (nSPS) is 12.3. The van der Waals surface area contributed by atoms with Gasteiger partial charge in [-0.3, -0.25) is 0 Å². The van der Waals surface area contributed by atoms with Gasteiger partial charge in [-0.2, -0.15) is 0 Å². The minimum Gasteiger partial charge on any atom is -0.491 e. The van der Waals surface area contributed by atoms with Gasteiger partial charge >= 0.3 is 0 Å². The van der Waals surface area contributed by atoms with E-state index < -0.39 is 15.6 Å². The summed E-state index contributed by atoms with van der Waals surface area (Å²) in [6, 6.07) is 13.0. The van der Waals surface area contributed by atoms with Gasteiger partial charge in [0.2, 0.25) is 10.0 Å². The van der Waals surface area contributed by atoms with Crippen LogP contribution in [0.25, 0.3) is 11.1 Å². The number of hydrogen-bond acceptors (Lipinski definition) is 4. The topological polar surface area (TPSA) is 73.2 Å². The molecule has 30 heavy (non-hydrogen) atoms. The summed E-state index contributed by atoms with van der Waals surface area (Å²) in [6.45, 7) is 10.1. The Balaban J connectivity index is 2.01. The number of rotatable bonds is 7. The molecule has 0 fully saturated rings. The summed E-state index contributed by atoms with van der Waals surface area (Å²) in [6.07, 6.45) is 5.41. The lowest BCUT2D eigenvalue weighted by molar-refractivity contribution is 0.242. The number of imidazole rings is 1. The van der Waals surface area contributed by atoms with Gasteiger partial charge in [0.05, 0.1) is 17.3 Å². The third kappa shape index (κ3) is 5.70. The first kappa shape index (κ1) is 22.1. The number of aromatic nitrogens is 2. The van der Waals surface area contributed by atoms with Crippen molar-refractivity contribution in [1.82, 2.24) is 14.3 Å². The van der Waals surface area contributed by atoms with E-state index in [9.17, 15) is 8.42 Å². The Morgan fingerprint density at radius 3 is 2.37 bits per heavy atom. The van der Waals surface area contributed by atoms with Gasteiger partial charge in [-0.15, -0.1) is 0 Å². The van der Waals surface area contributed by atoms with Crippen LogP contribution in [-0.4, -0.2) is 29.6 Å². The third-order valence-electron chi connectivity index (χ3n) is 4.24. The molecule has 0 bridgehead atoms. The molecule has 0 atom stereocenters. The highest BCUT2D eigenvalue weighted by Crippen LogP contribution is 2.32. The van der Waals surface area contributed by atoms with E-state index in [0.29, 0.717) is 17.9 Å². The molecule has 7 heteroatoms. The fourth-order valence-corrected chi connectivity index (χ4v) is 4.78. The number of benzene rings is 2. The summed E-state index contributed by atoms with van der Waals surface area (Å²) >= 11 is 0. The number of hydrogen-bond donors (Lipinski definition) is 1. The molecule has 0 saturated heterocycles. The van der Waals surface area contributed by atoms with E-state index in [0.717, 1.165) is 11.1 Å². The quantitative estimate of drug-likeness (QED) is 0.604. The first-order chi connectivity index (χ1) is 14.0. The summed E-state index contributed by atoms with van der Waals surface area (Å²) in [5.41, 5.74) is 1.94. The van der Waals surface area contributed by atoms with Crippen LogP contribution in [0.5, 0.6) is 5.75 Å². The minimum absolute atomic E-state index is 0.00874. The fraction of sp³-hybridized carbons (Fsp3) is 0.348. The molecular weight excluding hydrogens is 398 g/mol. The smallest absolute Gasteiger partial charge is 0.241 e. The van der Waals surface area contributed by atoms with Crippen molar-refractivity contribution in [3.8, 4) is 16.9 Å². The van der Waals surface area contributed by atoms with Gasteiger partial charge in [-0.1, -0.05) is 24.3 Å². The molecule has 0 radical (unpaired) electrons. The van der Waals surface area contributed by atoms with Crippen molar-refractivity contribution in [2.45, 2.75) is 57.7 Å². The highest BCUT2D eigenvalue weighted by molar-refractivity contribution is 7.89. The van der Waals surface area contributed by atoms with E-state index in [-0.39, 0.29) is 11.0 Å². The highest BCUT2D eigenvalue weighted by Gasteiger charge is 2.25. The molecular formula is C23H29N3O3S. The third-order valence-corrected chi connectivity index (χ3v) is 6.06. The second-order valence-electron chi connectivity index (χ2n) is 8.61. The molecule has 0 saturated carbocycles. The van der Waals surface area contributed by atoms with Crippen LogP contribution < -0.4 is 9.46 Å². The van der Waals surface area contributed by atoms with Gasteiger partial charge in [0.1, 0.15) is 5.75 Å². The van der Waals surface area contributed by atoms with Gasteiger partial charge in [0, 0.05) is 30.0 Å². The van der Waals surface area contributed by atoms with Crippen molar-refractivity contribution >= 4 is 10.0 Å². The molecule has 6 nitrogen and oxygen atoms in total. The van der Waals surface area contributed by atoms with Gasteiger partial charge in [-0.25, -0.2) is 18.1 Å². The number of nitrogens with zero attached hydrogens (tertiary/aromatic N) is 2. The minimum atomic E-state index is -3.71. The van der Waals surface area contributed by atoms with E-state index >= 15 is 0 Å². The average Bonchev–Trinajstić information content (AvgIpc) is 3.12. The van der Waals surface area contributed by atoms with E-state index in [1.54, 1.807) is 30.7 Å². The van der Waals surface area contributed by atoms with Crippen LogP contribution >= 0.6 is 0 Å². The number of ether oxygens (including phenoxy) is 1. The van der Waals surface area contributed by atoms with Crippen LogP contribution in [0.1, 0.15) is 40.2 Å². The Labute approximate surface area is 179 Å². The van der Waals surface area contributed by atoms with E-state index in [4.69, 9.17) is 4.74 Å². The lowest BCUT2D eigenvalue weighted by Gasteiger charge is -2.22.